The molecule has 0 bridgehead atoms. The number of halogens is 2. The minimum Gasteiger partial charge on any atom is -0.612 e. The normalized spacial score (nSPS) is 15.7. The van der Waals surface area contributed by atoms with Gasteiger partial charge in [0.1, 0.15) is 12.1 Å². The maximum absolute atomic E-state index is 14.4. The quantitative estimate of drug-likeness (QED) is 0.330. The Balaban J connectivity index is 1.15. The van der Waals surface area contributed by atoms with E-state index < -0.39 is 22.8 Å². The first-order chi connectivity index (χ1) is 17.9. The zero-order chi connectivity index (χ0) is 25.7. The third-order valence-electron chi connectivity index (χ3n) is 6.49. The van der Waals surface area contributed by atoms with Gasteiger partial charge in [-0.25, -0.2) is 18.4 Å². The van der Waals surface area contributed by atoms with Crippen molar-refractivity contribution in [1.82, 2.24) is 34.3 Å². The van der Waals surface area contributed by atoms with Crippen molar-refractivity contribution in [2.75, 3.05) is 49.6 Å². The van der Waals surface area contributed by atoms with E-state index in [4.69, 9.17) is 10.2 Å². The maximum Gasteiger partial charge on any atom is 0.225 e. The fourth-order valence-electron chi connectivity index (χ4n) is 4.56. The first kappa shape index (κ1) is 23.6. The molecule has 1 aliphatic rings. The molecule has 192 valence electrons. The average molecular weight is 528 g/mol. The summed E-state index contributed by atoms with van der Waals surface area (Å²) >= 11 is -1.54. The minimum absolute atomic E-state index is 0.00854. The molecule has 4 aromatic heterocycles. The predicted octanol–water partition coefficient (Wildman–Crippen LogP) is 2.15. The van der Waals surface area contributed by atoms with Gasteiger partial charge in [0, 0.05) is 44.9 Å². The third-order valence-corrected chi connectivity index (χ3v) is 7.42. The summed E-state index contributed by atoms with van der Waals surface area (Å²) in [4.78, 5) is 13.2. The fourth-order valence-corrected chi connectivity index (χ4v) is 5.17. The molecule has 6 rings (SSSR count). The second-order valence-corrected chi connectivity index (χ2v) is 10.1. The van der Waals surface area contributed by atoms with E-state index in [2.05, 4.69) is 25.1 Å². The van der Waals surface area contributed by atoms with Crippen LogP contribution in [0.4, 0.5) is 20.4 Å². The van der Waals surface area contributed by atoms with E-state index in [-0.39, 0.29) is 16.5 Å². The minimum atomic E-state index is -1.54. The molecular weight excluding hydrogens is 504 g/mol. The van der Waals surface area contributed by atoms with E-state index in [9.17, 15) is 13.3 Å². The van der Waals surface area contributed by atoms with Crippen molar-refractivity contribution in [1.29, 1.82) is 0 Å². The fraction of sp³-hybridized carbons (Fsp3) is 0.304. The van der Waals surface area contributed by atoms with E-state index in [1.807, 2.05) is 4.90 Å². The van der Waals surface area contributed by atoms with Crippen LogP contribution in [0.15, 0.2) is 46.0 Å². The summed E-state index contributed by atoms with van der Waals surface area (Å²) in [6, 6.07) is 5.69. The molecule has 1 atom stereocenters. The number of furan rings is 1. The summed E-state index contributed by atoms with van der Waals surface area (Å²) in [5, 5.41) is 9.62. The summed E-state index contributed by atoms with van der Waals surface area (Å²) < 4.78 is 48.8. The molecule has 1 saturated heterocycles. The zero-order valence-corrected chi connectivity index (χ0v) is 20.7. The van der Waals surface area contributed by atoms with Gasteiger partial charge in [-0.15, -0.1) is 5.10 Å². The topological polar surface area (TPSA) is 130 Å². The monoisotopic (exact) mass is 527 g/mol. The molecule has 1 fully saturated rings. The number of nitrogens with zero attached hydrogens (tertiary/aromatic N) is 8. The number of nitrogen functional groups attached to an aromatic ring is 1. The number of piperazine rings is 1. The SMILES string of the molecule is C[S+]([O-])c1cc(N2CCN(CCn3ncc4c3nc(N)n3nc(-c5ccco5)nc43)CC2)c(F)cc1F. The second kappa shape index (κ2) is 9.28. The van der Waals surface area contributed by atoms with Gasteiger partial charge in [-0.2, -0.15) is 14.6 Å². The van der Waals surface area contributed by atoms with E-state index in [0.29, 0.717) is 62.1 Å². The van der Waals surface area contributed by atoms with Gasteiger partial charge in [0.05, 0.1) is 30.1 Å². The van der Waals surface area contributed by atoms with Gasteiger partial charge in [0.2, 0.25) is 11.8 Å². The number of fused-ring (bicyclic) bond motifs is 3. The smallest absolute Gasteiger partial charge is 0.225 e. The lowest BCUT2D eigenvalue weighted by Gasteiger charge is -2.36. The highest BCUT2D eigenvalue weighted by atomic mass is 32.2. The molecule has 1 aliphatic heterocycles. The number of rotatable bonds is 6. The van der Waals surface area contributed by atoms with E-state index in [1.165, 1.54) is 16.8 Å². The highest BCUT2D eigenvalue weighted by Crippen LogP contribution is 2.27. The molecule has 0 aliphatic carbocycles. The van der Waals surface area contributed by atoms with Gasteiger partial charge in [0.15, 0.2) is 27.8 Å². The Hall–Kier alpha value is -3.75. The molecule has 0 saturated carbocycles. The van der Waals surface area contributed by atoms with Crippen molar-refractivity contribution in [2.45, 2.75) is 11.4 Å². The Morgan fingerprint density at radius 1 is 1.08 bits per heavy atom. The largest absolute Gasteiger partial charge is 0.612 e. The van der Waals surface area contributed by atoms with Crippen LogP contribution >= 0.6 is 0 Å². The number of hydrogen-bond donors (Lipinski definition) is 1. The molecule has 0 amide bonds. The zero-order valence-electron chi connectivity index (χ0n) is 19.8. The molecule has 14 heteroatoms. The van der Waals surface area contributed by atoms with Crippen LogP contribution in [0.3, 0.4) is 0 Å². The highest BCUT2D eigenvalue weighted by molar-refractivity contribution is 7.90. The van der Waals surface area contributed by atoms with E-state index in [0.717, 1.165) is 11.5 Å². The number of anilines is 2. The van der Waals surface area contributed by atoms with Gasteiger partial charge in [-0.05, 0) is 23.3 Å². The molecule has 5 heterocycles. The first-order valence-corrected chi connectivity index (χ1v) is 13.2. The predicted molar refractivity (Wildman–Crippen MR) is 134 cm³/mol. The van der Waals surface area contributed by atoms with Gasteiger partial charge < -0.3 is 19.6 Å². The van der Waals surface area contributed by atoms with Crippen LogP contribution in [0.1, 0.15) is 0 Å². The Bertz CT molecular complexity index is 1580. The number of aromatic nitrogens is 6. The van der Waals surface area contributed by atoms with Crippen molar-refractivity contribution in [3.05, 3.63) is 48.4 Å². The lowest BCUT2D eigenvalue weighted by Crippen LogP contribution is -2.47. The summed E-state index contributed by atoms with van der Waals surface area (Å²) in [6.45, 7) is 3.72. The first-order valence-electron chi connectivity index (χ1n) is 11.6. The van der Waals surface area contributed by atoms with Crippen molar-refractivity contribution in [3.8, 4) is 11.6 Å². The third kappa shape index (κ3) is 4.26. The Kier molecular flexibility index (Phi) is 5.93. The van der Waals surface area contributed by atoms with E-state index in [1.54, 1.807) is 29.3 Å². The van der Waals surface area contributed by atoms with Crippen LogP contribution in [0, 0.1) is 11.6 Å². The lowest BCUT2D eigenvalue weighted by molar-refractivity contribution is 0.245. The Morgan fingerprint density at radius 3 is 2.62 bits per heavy atom. The van der Waals surface area contributed by atoms with Crippen molar-refractivity contribution in [3.63, 3.8) is 0 Å². The van der Waals surface area contributed by atoms with Gasteiger partial charge in [0.25, 0.3) is 0 Å². The number of nitrogens with two attached hydrogens (primary N) is 1. The van der Waals surface area contributed by atoms with Crippen LogP contribution in [0.25, 0.3) is 28.3 Å². The average Bonchev–Trinajstić information content (AvgIpc) is 3.63. The van der Waals surface area contributed by atoms with Crippen molar-refractivity contribution < 1.29 is 17.8 Å². The van der Waals surface area contributed by atoms with Crippen LogP contribution in [-0.4, -0.2) is 77.8 Å². The van der Waals surface area contributed by atoms with Gasteiger partial charge in [-0.1, -0.05) is 0 Å². The number of hydrogen-bond acceptors (Lipinski definition) is 9. The summed E-state index contributed by atoms with van der Waals surface area (Å²) in [5.41, 5.74) is 7.59. The van der Waals surface area contributed by atoms with Gasteiger partial charge in [-0.3, -0.25) is 4.90 Å². The molecule has 0 spiro atoms. The molecule has 1 unspecified atom stereocenters. The summed E-state index contributed by atoms with van der Waals surface area (Å²) in [5.74, 6) is -0.310. The highest BCUT2D eigenvalue weighted by Gasteiger charge is 2.24. The van der Waals surface area contributed by atoms with Crippen molar-refractivity contribution in [2.24, 2.45) is 0 Å². The second-order valence-electron chi connectivity index (χ2n) is 8.74. The van der Waals surface area contributed by atoms with Crippen LogP contribution < -0.4 is 10.6 Å². The van der Waals surface area contributed by atoms with E-state index >= 15 is 0 Å². The molecule has 1 aromatic carbocycles. The molecule has 11 nitrogen and oxygen atoms in total. The maximum atomic E-state index is 14.4. The van der Waals surface area contributed by atoms with Gasteiger partial charge >= 0.3 is 0 Å². The summed E-state index contributed by atoms with van der Waals surface area (Å²) in [7, 11) is 0. The lowest BCUT2D eigenvalue weighted by atomic mass is 10.2. The van der Waals surface area contributed by atoms with Crippen LogP contribution in [-0.2, 0) is 17.7 Å². The molecule has 5 aromatic rings. The Morgan fingerprint density at radius 2 is 1.89 bits per heavy atom. The molecule has 0 radical (unpaired) electrons. The van der Waals surface area contributed by atoms with Crippen LogP contribution in [0.5, 0.6) is 0 Å². The summed E-state index contributed by atoms with van der Waals surface area (Å²) in [6.07, 6.45) is 4.63. The Labute approximate surface area is 212 Å². The number of benzene rings is 1. The molecule has 2 N–H and O–H groups in total. The van der Waals surface area contributed by atoms with Crippen molar-refractivity contribution >= 4 is 39.5 Å². The van der Waals surface area contributed by atoms with Crippen LogP contribution in [0.2, 0.25) is 0 Å². The standard InChI is InChI=1S/C23H23F2N9O2S/c1-37(35)19-12-17(15(24)11-16(19)25)32-7-4-31(5-8-32)6-9-33-21-14(13-27-33)22-28-20(18-3-2-10-36-18)30-34(22)23(26)29-21/h2-3,10-13H,4-9H2,1H3,(H2,26,29). The molecule has 37 heavy (non-hydrogen) atoms. The molecular formula is C23H23F2N9O2S.